The van der Waals surface area contributed by atoms with Crippen LogP contribution in [-0.2, 0) is 35.9 Å². The second-order valence-electron chi connectivity index (χ2n) is 9.67. The van der Waals surface area contributed by atoms with Crippen molar-refractivity contribution in [3.05, 3.63) is 60.0 Å². The van der Waals surface area contributed by atoms with Crippen LogP contribution in [-0.4, -0.2) is 76.8 Å². The van der Waals surface area contributed by atoms with Gasteiger partial charge in [0.2, 0.25) is 5.60 Å². The Morgan fingerprint density at radius 2 is 1.97 bits per heavy atom. The third kappa shape index (κ3) is 4.79. The minimum atomic E-state index is -1.61. The number of hydrogen-bond donors (Lipinski definition) is 0. The number of hydrogen-bond acceptors (Lipinski definition) is 10. The lowest BCUT2D eigenvalue weighted by molar-refractivity contribution is -0.205. The number of benzene rings is 1. The van der Waals surface area contributed by atoms with Crippen molar-refractivity contribution in [1.29, 1.82) is 5.26 Å². The molecule has 0 spiro atoms. The van der Waals surface area contributed by atoms with Crippen LogP contribution in [0.5, 0.6) is 0 Å². The fraction of sp³-hybridized carbons (Fsp3) is 0.423. The van der Waals surface area contributed by atoms with Gasteiger partial charge in [-0.15, -0.1) is 0 Å². The Balaban J connectivity index is 1.40. The lowest BCUT2D eigenvalue weighted by Crippen LogP contribution is -2.40. The first-order valence-electron chi connectivity index (χ1n) is 12.0. The molecular weight excluding hydrogens is 492 g/mol. The average Bonchev–Trinajstić information content (AvgIpc) is 3.56. The van der Waals surface area contributed by atoms with Gasteiger partial charge in [-0.3, -0.25) is 0 Å². The van der Waals surface area contributed by atoms with Gasteiger partial charge in [-0.05, 0) is 31.5 Å². The van der Waals surface area contributed by atoms with Crippen LogP contribution < -0.4 is 0 Å². The predicted octanol–water partition coefficient (Wildman–Crippen LogP) is 2.94. The third-order valence-electron chi connectivity index (χ3n) is 6.19. The molecule has 2 aliphatic rings. The minimum Gasteiger partial charge on any atom is -0.431 e. The van der Waals surface area contributed by atoms with Gasteiger partial charge in [-0.25, -0.2) is 19.3 Å². The van der Waals surface area contributed by atoms with E-state index in [0.29, 0.717) is 17.0 Å². The smallest absolute Gasteiger partial charge is 0.431 e. The molecule has 0 saturated carbocycles. The van der Waals surface area contributed by atoms with Crippen molar-refractivity contribution in [2.24, 2.45) is 4.99 Å². The lowest BCUT2D eigenvalue weighted by Gasteiger charge is -2.28. The molecule has 5 rings (SSSR count). The number of carbonyl (C=O) groups is 1. The van der Waals surface area contributed by atoms with Crippen LogP contribution in [0.25, 0.3) is 5.52 Å². The fourth-order valence-electron chi connectivity index (χ4n) is 4.61. The molecule has 0 bridgehead atoms. The highest BCUT2D eigenvalue weighted by Gasteiger charge is 2.65. The maximum Gasteiger partial charge on any atom is 0.508 e. The number of rotatable bonds is 7. The van der Waals surface area contributed by atoms with Crippen molar-refractivity contribution in [3.63, 3.8) is 0 Å². The molecule has 0 unspecified atom stereocenters. The molecule has 0 N–H and O–H groups in total. The molecular formula is C26H28N6O6. The summed E-state index contributed by atoms with van der Waals surface area (Å²) < 4.78 is 30.7. The first-order chi connectivity index (χ1) is 18.2. The largest absolute Gasteiger partial charge is 0.508 e. The number of ether oxygens (including phenoxy) is 5. The van der Waals surface area contributed by atoms with Crippen LogP contribution in [0.2, 0.25) is 0 Å². The first kappa shape index (κ1) is 25.6. The molecule has 2 saturated heterocycles. The van der Waals surface area contributed by atoms with Gasteiger partial charge in [0.15, 0.2) is 11.6 Å². The van der Waals surface area contributed by atoms with Crippen molar-refractivity contribution < 1.29 is 28.5 Å². The number of aromatic nitrogens is 3. The summed E-state index contributed by atoms with van der Waals surface area (Å²) in [7, 11) is 3.70. The third-order valence-corrected chi connectivity index (χ3v) is 6.19. The molecule has 2 aliphatic heterocycles. The van der Waals surface area contributed by atoms with Crippen LogP contribution in [0.3, 0.4) is 0 Å². The topological polar surface area (TPSA) is 133 Å². The van der Waals surface area contributed by atoms with E-state index in [9.17, 15) is 10.1 Å². The van der Waals surface area contributed by atoms with Gasteiger partial charge in [0.05, 0.1) is 12.0 Å². The molecule has 2 aromatic heterocycles. The normalized spacial score (nSPS) is 25.8. The van der Waals surface area contributed by atoms with Gasteiger partial charge >= 0.3 is 6.16 Å². The summed E-state index contributed by atoms with van der Waals surface area (Å²) in [6.45, 7) is 3.38. The van der Waals surface area contributed by atoms with Crippen LogP contribution in [0.15, 0.2) is 53.8 Å². The molecule has 3 aromatic rings. The summed E-state index contributed by atoms with van der Waals surface area (Å²) in [6, 6.07) is 15.0. The van der Waals surface area contributed by atoms with Crippen molar-refractivity contribution >= 4 is 23.8 Å². The molecule has 198 valence electrons. The summed E-state index contributed by atoms with van der Waals surface area (Å²) in [4.78, 5) is 22.7. The van der Waals surface area contributed by atoms with E-state index in [4.69, 9.17) is 23.7 Å². The van der Waals surface area contributed by atoms with E-state index in [1.807, 2.05) is 44.4 Å². The molecule has 12 nitrogen and oxygen atoms in total. The quantitative estimate of drug-likeness (QED) is 0.260. The Hall–Kier alpha value is -4.05. The number of carbonyl (C=O) groups excluding carboxylic acids is 1. The predicted molar refractivity (Wildman–Crippen MR) is 133 cm³/mol. The lowest BCUT2D eigenvalue weighted by atomic mass is 9.92. The summed E-state index contributed by atoms with van der Waals surface area (Å²) in [6.07, 6.45) is -0.188. The van der Waals surface area contributed by atoms with Crippen LogP contribution >= 0.6 is 0 Å². The molecule has 12 heteroatoms. The summed E-state index contributed by atoms with van der Waals surface area (Å²) >= 11 is 0. The van der Waals surface area contributed by atoms with Gasteiger partial charge < -0.3 is 28.6 Å². The second kappa shape index (κ2) is 10.0. The van der Waals surface area contributed by atoms with Crippen LogP contribution in [0.1, 0.15) is 25.1 Å². The molecule has 0 radical (unpaired) electrons. The second-order valence-corrected chi connectivity index (χ2v) is 9.67. The van der Waals surface area contributed by atoms with E-state index >= 15 is 0 Å². The van der Waals surface area contributed by atoms with E-state index in [0.717, 1.165) is 5.56 Å². The SMILES string of the molecule is CN(C)C=Nc1ncnn2c([C@]3(C#N)O[C@H](COC(=O)OCc4ccccc4)[C@H]4OC(C)(C)O[C@H]43)ccc12. The number of nitriles is 1. The van der Waals surface area contributed by atoms with Gasteiger partial charge in [-0.1, -0.05) is 30.3 Å². The van der Waals surface area contributed by atoms with Gasteiger partial charge in [0, 0.05) is 14.1 Å². The Kier molecular flexibility index (Phi) is 6.75. The average molecular weight is 521 g/mol. The number of fused-ring (bicyclic) bond motifs is 2. The number of nitrogens with zero attached hydrogens (tertiary/aromatic N) is 6. The summed E-state index contributed by atoms with van der Waals surface area (Å²) in [5, 5.41) is 14.8. The molecule has 2 fully saturated rings. The molecule has 4 atom stereocenters. The first-order valence-corrected chi connectivity index (χ1v) is 12.0. The van der Waals surface area contributed by atoms with E-state index < -0.39 is 35.9 Å². The Labute approximate surface area is 219 Å². The highest BCUT2D eigenvalue weighted by Crippen LogP contribution is 2.49. The van der Waals surface area contributed by atoms with Crippen molar-refractivity contribution in [2.75, 3.05) is 20.7 Å². The van der Waals surface area contributed by atoms with Gasteiger partial charge in [0.25, 0.3) is 0 Å². The Morgan fingerprint density at radius 1 is 1.18 bits per heavy atom. The monoisotopic (exact) mass is 520 g/mol. The highest BCUT2D eigenvalue weighted by atomic mass is 16.8. The molecule has 0 amide bonds. The standard InChI is InChI=1S/C26H28N6O6/c1-25(2)37-21-19(13-35-24(33)34-12-17-8-6-5-7-9-17)36-26(14-27,22(21)38-25)20-11-10-18-23(29-16-31(3)4)28-15-30-32(18)20/h5-11,15-16,19,21-22H,12-13H2,1-4H3/t19-,21-,22-,26+/m1/s1. The van der Waals surface area contributed by atoms with Crippen LogP contribution in [0, 0.1) is 11.3 Å². The van der Waals surface area contributed by atoms with Crippen molar-refractivity contribution in [3.8, 4) is 6.07 Å². The van der Waals surface area contributed by atoms with Crippen molar-refractivity contribution in [2.45, 2.75) is 50.2 Å². The van der Waals surface area contributed by atoms with E-state index in [1.165, 1.54) is 6.33 Å². The zero-order chi connectivity index (χ0) is 26.9. The fourth-order valence-corrected chi connectivity index (χ4v) is 4.61. The molecule has 1 aromatic carbocycles. The zero-order valence-electron chi connectivity index (χ0n) is 21.5. The van der Waals surface area contributed by atoms with E-state index in [-0.39, 0.29) is 13.2 Å². The van der Waals surface area contributed by atoms with Gasteiger partial charge in [-0.2, -0.15) is 10.4 Å². The zero-order valence-corrected chi connectivity index (χ0v) is 21.5. The molecule has 38 heavy (non-hydrogen) atoms. The van der Waals surface area contributed by atoms with Crippen LogP contribution in [0.4, 0.5) is 10.6 Å². The highest BCUT2D eigenvalue weighted by molar-refractivity contribution is 5.71. The maximum absolute atomic E-state index is 12.3. The van der Waals surface area contributed by atoms with Crippen molar-refractivity contribution in [1.82, 2.24) is 19.5 Å². The summed E-state index contributed by atoms with van der Waals surface area (Å²) in [5.74, 6) is -0.566. The molecule has 0 aliphatic carbocycles. The maximum atomic E-state index is 12.3. The minimum absolute atomic E-state index is 0.0700. The Morgan fingerprint density at radius 3 is 2.71 bits per heavy atom. The van der Waals surface area contributed by atoms with E-state index in [1.54, 1.807) is 41.7 Å². The number of aliphatic imine (C=N–C) groups is 1. The summed E-state index contributed by atoms with van der Waals surface area (Å²) in [5.41, 5.74) is 0.224. The molecule has 4 heterocycles. The van der Waals surface area contributed by atoms with E-state index in [2.05, 4.69) is 21.1 Å². The van der Waals surface area contributed by atoms with Gasteiger partial charge in [0.1, 0.15) is 49.4 Å². The Bertz CT molecular complexity index is 1380.